The number of nitrogens with zero attached hydrogens (tertiary/aromatic N) is 1. The van der Waals surface area contributed by atoms with E-state index in [-0.39, 0.29) is 16.2 Å². The minimum atomic E-state index is -0.126. The molecule has 0 spiro atoms. The van der Waals surface area contributed by atoms with Crippen LogP contribution in [0.4, 0.5) is 17.1 Å². The summed E-state index contributed by atoms with van der Waals surface area (Å²) in [5, 5.41) is 0. The van der Waals surface area contributed by atoms with Crippen LogP contribution in [0.3, 0.4) is 0 Å². The maximum Gasteiger partial charge on any atom is 0.0543 e. The van der Waals surface area contributed by atoms with Gasteiger partial charge in [-0.3, -0.25) is 0 Å². The van der Waals surface area contributed by atoms with Crippen molar-refractivity contribution in [2.24, 2.45) is 0 Å². The summed E-state index contributed by atoms with van der Waals surface area (Å²) in [6.07, 6.45) is 0. The Morgan fingerprint density at radius 2 is 0.741 bits per heavy atom. The van der Waals surface area contributed by atoms with E-state index in [0.717, 1.165) is 11.4 Å². The molecule has 3 aliphatic rings. The van der Waals surface area contributed by atoms with Gasteiger partial charge in [0.05, 0.1) is 11.4 Å². The average Bonchev–Trinajstić information content (AvgIpc) is 3.74. The zero-order valence-electron chi connectivity index (χ0n) is 34.2. The predicted octanol–water partition coefficient (Wildman–Crippen LogP) is 15.4. The topological polar surface area (TPSA) is 3.24 Å². The standard InChI is InChI=1S/C57H47N/c1-55(2)45-25-11-7-20-39(45)44-35-37(32-33-48(44)55)36-18-15-19-38(34-36)58(52-31-17-29-50-54(52)43-23-9-13-27-47(43)57(50,5)6)51-30-14-10-21-40(51)41-24-16-28-49-53(41)42-22-8-12-26-46(42)56(49,3)4/h7-35H,1-6H3. The van der Waals surface area contributed by atoms with Gasteiger partial charge in [0.1, 0.15) is 0 Å². The Balaban J connectivity index is 1.16. The second-order valence-electron chi connectivity index (χ2n) is 18.1. The number of rotatable bonds is 5. The molecule has 0 saturated heterocycles. The summed E-state index contributed by atoms with van der Waals surface area (Å²) >= 11 is 0. The highest BCUT2D eigenvalue weighted by Gasteiger charge is 2.40. The van der Waals surface area contributed by atoms with Gasteiger partial charge in [-0.2, -0.15) is 0 Å². The van der Waals surface area contributed by atoms with E-state index >= 15 is 0 Å². The summed E-state index contributed by atoms with van der Waals surface area (Å²) in [6.45, 7) is 14.2. The lowest BCUT2D eigenvalue weighted by Gasteiger charge is -2.31. The summed E-state index contributed by atoms with van der Waals surface area (Å²) in [5.74, 6) is 0. The third kappa shape index (κ3) is 4.77. The Bertz CT molecular complexity index is 2990. The van der Waals surface area contributed by atoms with Crippen molar-refractivity contribution in [3.63, 3.8) is 0 Å². The largest absolute Gasteiger partial charge is 0.309 e. The first-order valence-corrected chi connectivity index (χ1v) is 20.8. The lowest BCUT2D eigenvalue weighted by atomic mass is 9.82. The van der Waals surface area contributed by atoms with Gasteiger partial charge in [0, 0.05) is 33.1 Å². The van der Waals surface area contributed by atoms with Crippen LogP contribution in [0.1, 0.15) is 74.9 Å². The molecule has 0 aromatic heterocycles. The van der Waals surface area contributed by atoms with Crippen LogP contribution >= 0.6 is 0 Å². The van der Waals surface area contributed by atoms with Crippen LogP contribution in [0, 0.1) is 0 Å². The molecule has 280 valence electrons. The van der Waals surface area contributed by atoms with E-state index in [2.05, 4.69) is 222 Å². The van der Waals surface area contributed by atoms with E-state index in [0.29, 0.717) is 0 Å². The number of para-hydroxylation sites is 1. The van der Waals surface area contributed by atoms with Gasteiger partial charge in [0.15, 0.2) is 0 Å². The van der Waals surface area contributed by atoms with Gasteiger partial charge in [-0.15, -0.1) is 0 Å². The molecule has 0 bridgehead atoms. The molecule has 0 aliphatic heterocycles. The molecule has 8 aromatic carbocycles. The van der Waals surface area contributed by atoms with E-state index in [9.17, 15) is 0 Å². The van der Waals surface area contributed by atoms with Crippen molar-refractivity contribution in [3.8, 4) is 55.6 Å². The summed E-state index contributed by atoms with van der Waals surface area (Å²) < 4.78 is 0. The maximum atomic E-state index is 2.55. The fourth-order valence-corrected chi connectivity index (χ4v) is 10.9. The van der Waals surface area contributed by atoms with Gasteiger partial charge >= 0.3 is 0 Å². The molecule has 0 heterocycles. The van der Waals surface area contributed by atoms with Gasteiger partial charge in [-0.05, 0) is 108 Å². The zero-order valence-corrected chi connectivity index (χ0v) is 34.2. The zero-order chi connectivity index (χ0) is 39.6. The van der Waals surface area contributed by atoms with Crippen LogP contribution in [-0.2, 0) is 16.2 Å². The molecular formula is C57H47N. The van der Waals surface area contributed by atoms with Crippen molar-refractivity contribution in [2.75, 3.05) is 4.90 Å². The minimum absolute atomic E-state index is 0.0298. The van der Waals surface area contributed by atoms with E-state index in [1.807, 2.05) is 0 Å². The molecule has 3 aliphatic carbocycles. The maximum absolute atomic E-state index is 2.55. The molecule has 1 heteroatoms. The molecule has 0 unspecified atom stereocenters. The van der Waals surface area contributed by atoms with E-state index in [4.69, 9.17) is 0 Å². The molecule has 0 atom stereocenters. The van der Waals surface area contributed by atoms with Gasteiger partial charge in [-0.25, -0.2) is 0 Å². The molecule has 8 aromatic rings. The normalized spacial score (nSPS) is 15.5. The number of hydrogen-bond donors (Lipinski definition) is 0. The predicted molar refractivity (Wildman–Crippen MR) is 245 cm³/mol. The molecule has 11 rings (SSSR count). The van der Waals surface area contributed by atoms with Crippen molar-refractivity contribution >= 4 is 17.1 Å². The van der Waals surface area contributed by atoms with Crippen LogP contribution in [0.25, 0.3) is 55.6 Å². The van der Waals surface area contributed by atoms with Crippen LogP contribution in [0.2, 0.25) is 0 Å². The van der Waals surface area contributed by atoms with Crippen LogP contribution < -0.4 is 4.90 Å². The molecule has 0 N–H and O–H groups in total. The van der Waals surface area contributed by atoms with Gasteiger partial charge < -0.3 is 4.90 Å². The number of fused-ring (bicyclic) bond motifs is 9. The van der Waals surface area contributed by atoms with Crippen molar-refractivity contribution in [1.82, 2.24) is 0 Å². The molecule has 0 saturated carbocycles. The first-order valence-electron chi connectivity index (χ1n) is 20.8. The Kier molecular flexibility index (Phi) is 7.36. The number of hydrogen-bond acceptors (Lipinski definition) is 1. The summed E-state index contributed by atoms with van der Waals surface area (Å²) in [7, 11) is 0. The van der Waals surface area contributed by atoms with Gasteiger partial charge in [0.25, 0.3) is 0 Å². The first-order chi connectivity index (χ1) is 28.1. The fourth-order valence-electron chi connectivity index (χ4n) is 10.9. The summed E-state index contributed by atoms with van der Waals surface area (Å²) in [4.78, 5) is 2.55. The SMILES string of the molecule is CC1(C)c2ccccc2-c2cc(-c3cccc(N(c4ccccc4-c4cccc5c4-c4ccccc4C5(C)C)c4cccc5c4-c4ccccc4C5(C)C)c3)ccc21. The highest BCUT2D eigenvalue weighted by Crippen LogP contribution is 2.57. The van der Waals surface area contributed by atoms with E-state index < -0.39 is 0 Å². The van der Waals surface area contributed by atoms with Crippen LogP contribution in [-0.4, -0.2) is 0 Å². The molecule has 58 heavy (non-hydrogen) atoms. The van der Waals surface area contributed by atoms with E-state index in [1.54, 1.807) is 0 Å². The van der Waals surface area contributed by atoms with Crippen LogP contribution in [0.5, 0.6) is 0 Å². The van der Waals surface area contributed by atoms with Crippen molar-refractivity contribution in [3.05, 3.63) is 209 Å². The van der Waals surface area contributed by atoms with Gasteiger partial charge in [-0.1, -0.05) is 187 Å². The molecular weight excluding hydrogens is 699 g/mol. The second kappa shape index (κ2) is 12.3. The molecule has 0 amide bonds. The Hall–Kier alpha value is -6.44. The second-order valence-corrected chi connectivity index (χ2v) is 18.1. The fraction of sp³-hybridized carbons (Fsp3) is 0.158. The van der Waals surface area contributed by atoms with Crippen molar-refractivity contribution in [2.45, 2.75) is 57.8 Å². The summed E-state index contributed by atoms with van der Waals surface area (Å²) in [6, 6.07) is 66.2. The number of anilines is 3. The quantitative estimate of drug-likeness (QED) is 0.170. The molecule has 1 nitrogen and oxygen atoms in total. The molecule has 0 radical (unpaired) electrons. The minimum Gasteiger partial charge on any atom is -0.309 e. The lowest BCUT2D eigenvalue weighted by molar-refractivity contribution is 0.660. The Morgan fingerprint density at radius 1 is 0.293 bits per heavy atom. The van der Waals surface area contributed by atoms with E-state index in [1.165, 1.54) is 94.7 Å². The van der Waals surface area contributed by atoms with Crippen LogP contribution in [0.15, 0.2) is 176 Å². The lowest BCUT2D eigenvalue weighted by Crippen LogP contribution is -2.16. The van der Waals surface area contributed by atoms with Crippen molar-refractivity contribution in [1.29, 1.82) is 0 Å². The van der Waals surface area contributed by atoms with Crippen molar-refractivity contribution < 1.29 is 0 Å². The molecule has 0 fully saturated rings. The highest BCUT2D eigenvalue weighted by molar-refractivity contribution is 6.01. The third-order valence-electron chi connectivity index (χ3n) is 13.9. The average molecular weight is 746 g/mol. The highest BCUT2D eigenvalue weighted by atomic mass is 15.1. The monoisotopic (exact) mass is 745 g/mol. The smallest absolute Gasteiger partial charge is 0.0543 e. The Morgan fingerprint density at radius 3 is 1.45 bits per heavy atom. The van der Waals surface area contributed by atoms with Gasteiger partial charge in [0.2, 0.25) is 0 Å². The Labute approximate surface area is 343 Å². The first kappa shape index (κ1) is 34.8. The number of benzene rings is 8. The third-order valence-corrected chi connectivity index (χ3v) is 13.9. The summed E-state index contributed by atoms with van der Waals surface area (Å²) in [5.41, 5.74) is 24.4.